The van der Waals surface area contributed by atoms with Crippen molar-refractivity contribution in [2.75, 3.05) is 0 Å². The summed E-state index contributed by atoms with van der Waals surface area (Å²) in [6, 6.07) is 35.2. The SMILES string of the molecule is [2H]C([2H])(c1cccc(-[n+]2[c-]n(-c3cncc(Oc4ccc5c6ccccc6n(-c6cc(C([2H])([2H])C(C)C)ccn6)c5c4)c3)c3ccccc32)c1)C(C)C. The number of aromatic nitrogens is 5. The number of nitrogens with zero attached hydrogens (tertiary/aromatic N) is 5. The molecule has 4 aromatic carbocycles. The average Bonchev–Trinajstić information content (AvgIpc) is 3.71. The molecule has 6 heteroatoms. The van der Waals surface area contributed by atoms with Gasteiger partial charge in [-0.2, -0.15) is 0 Å². The molecule has 0 aliphatic carbocycles. The summed E-state index contributed by atoms with van der Waals surface area (Å²) in [5.74, 6) is 1.40. The summed E-state index contributed by atoms with van der Waals surface area (Å²) < 4.78 is 47.2. The monoisotopic (exact) mass is 645 g/mol. The van der Waals surface area contributed by atoms with Gasteiger partial charge in [-0.1, -0.05) is 87.9 Å². The minimum atomic E-state index is -1.52. The summed E-state index contributed by atoms with van der Waals surface area (Å²) in [6.07, 6.45) is 5.61. The summed E-state index contributed by atoms with van der Waals surface area (Å²) in [5, 5.41) is 2.09. The second-order valence-electron chi connectivity index (χ2n) is 12.8. The van der Waals surface area contributed by atoms with Crippen LogP contribution in [-0.2, 0) is 12.7 Å². The first kappa shape index (κ1) is 26.2. The third-order valence-electron chi connectivity index (χ3n) is 8.39. The zero-order valence-electron chi connectivity index (χ0n) is 31.9. The highest BCUT2D eigenvalue weighted by Crippen LogP contribution is 2.35. The van der Waals surface area contributed by atoms with E-state index < -0.39 is 12.7 Å². The number of hydrogen-bond acceptors (Lipinski definition) is 3. The topological polar surface area (TPSA) is 48.8 Å². The van der Waals surface area contributed by atoms with Crippen molar-refractivity contribution in [1.82, 2.24) is 19.1 Å². The molecule has 0 bridgehead atoms. The van der Waals surface area contributed by atoms with Crippen LogP contribution >= 0.6 is 0 Å². The minimum Gasteiger partial charge on any atom is -0.456 e. The van der Waals surface area contributed by atoms with E-state index in [0.29, 0.717) is 28.4 Å². The lowest BCUT2D eigenvalue weighted by Gasteiger charge is -2.11. The van der Waals surface area contributed by atoms with Crippen molar-refractivity contribution in [1.29, 1.82) is 0 Å². The van der Waals surface area contributed by atoms with Crippen LogP contribution in [0.4, 0.5) is 0 Å². The zero-order chi connectivity index (χ0) is 37.1. The van der Waals surface area contributed by atoms with Crippen LogP contribution in [0.15, 0.2) is 128 Å². The molecule has 0 saturated carbocycles. The van der Waals surface area contributed by atoms with Gasteiger partial charge in [-0.25, -0.2) is 4.98 Å². The van der Waals surface area contributed by atoms with E-state index >= 15 is 0 Å². The van der Waals surface area contributed by atoms with E-state index in [0.717, 1.165) is 44.2 Å². The summed E-state index contributed by atoms with van der Waals surface area (Å²) in [4.78, 5) is 9.25. The first-order valence-corrected chi connectivity index (χ1v) is 16.6. The molecule has 4 heterocycles. The van der Waals surface area contributed by atoms with E-state index in [2.05, 4.69) is 28.0 Å². The minimum absolute atomic E-state index is 0.184. The molecule has 0 N–H and O–H groups in total. The molecule has 0 radical (unpaired) electrons. The molecule has 0 fully saturated rings. The Bertz CT molecular complexity index is 2640. The van der Waals surface area contributed by atoms with Crippen LogP contribution in [0.1, 0.15) is 44.3 Å². The fraction of sp³-hybridized carbons (Fsp3) is 0.186. The van der Waals surface area contributed by atoms with E-state index in [1.807, 2.05) is 128 Å². The standard InChI is InChI=1S/C43H39N5O/c1-29(2)20-31-10-9-11-33(22-31)46-28-47(41-15-8-7-14-40(41)46)34-24-36(27-44-26-34)49-35-16-17-38-37-12-5-6-13-39(37)48(42(38)25-35)43-23-32(18-19-45-43)21-30(3)4/h5-19,22-27,29-30H,20-21H2,1-4H3/i20D2,21D2. The maximum atomic E-state index is 8.73. The average molecular weight is 646 g/mol. The van der Waals surface area contributed by atoms with Crippen molar-refractivity contribution < 1.29 is 14.8 Å². The number of para-hydroxylation sites is 3. The molecule has 242 valence electrons. The Morgan fingerprint density at radius 3 is 2.31 bits per heavy atom. The van der Waals surface area contributed by atoms with Crippen molar-refractivity contribution in [2.45, 2.75) is 40.4 Å². The number of pyridine rings is 2. The number of ether oxygens (including phenoxy) is 1. The predicted octanol–water partition coefficient (Wildman–Crippen LogP) is 9.78. The van der Waals surface area contributed by atoms with E-state index in [1.165, 1.54) is 0 Å². The van der Waals surface area contributed by atoms with Gasteiger partial charge in [0, 0.05) is 34.7 Å². The van der Waals surface area contributed by atoms with E-state index in [9.17, 15) is 0 Å². The van der Waals surface area contributed by atoms with Crippen molar-refractivity contribution in [2.24, 2.45) is 11.8 Å². The highest BCUT2D eigenvalue weighted by molar-refractivity contribution is 6.09. The molecule has 49 heavy (non-hydrogen) atoms. The van der Waals surface area contributed by atoms with E-state index in [1.54, 1.807) is 24.7 Å². The number of fused-ring (bicyclic) bond motifs is 4. The highest BCUT2D eigenvalue weighted by Gasteiger charge is 2.16. The second-order valence-corrected chi connectivity index (χ2v) is 12.8. The summed E-state index contributed by atoms with van der Waals surface area (Å²) in [5.41, 5.74) is 6.44. The Morgan fingerprint density at radius 1 is 0.714 bits per heavy atom. The lowest BCUT2D eigenvalue weighted by Crippen LogP contribution is -2.29. The fourth-order valence-electron chi connectivity index (χ4n) is 6.46. The van der Waals surface area contributed by atoms with Crippen LogP contribution in [-0.4, -0.2) is 19.1 Å². The van der Waals surface area contributed by atoms with Crippen molar-refractivity contribution in [3.05, 3.63) is 145 Å². The second kappa shape index (κ2) is 12.7. The number of imidazole rings is 1. The van der Waals surface area contributed by atoms with E-state index in [-0.39, 0.29) is 11.8 Å². The molecule has 0 spiro atoms. The summed E-state index contributed by atoms with van der Waals surface area (Å²) in [6.45, 7) is 7.56. The van der Waals surface area contributed by atoms with E-state index in [4.69, 9.17) is 15.2 Å². The van der Waals surface area contributed by atoms with Crippen molar-refractivity contribution >= 4 is 32.8 Å². The Hall–Kier alpha value is -5.75. The highest BCUT2D eigenvalue weighted by atomic mass is 16.5. The first-order chi connectivity index (χ1) is 25.4. The predicted molar refractivity (Wildman–Crippen MR) is 197 cm³/mol. The van der Waals surface area contributed by atoms with Gasteiger partial charge in [0.25, 0.3) is 6.33 Å². The molecule has 8 rings (SSSR count). The van der Waals surface area contributed by atoms with Gasteiger partial charge in [-0.05, 0) is 78.7 Å². The largest absolute Gasteiger partial charge is 0.456 e. The molecular weight excluding hydrogens is 603 g/mol. The Morgan fingerprint density at radius 2 is 1.47 bits per heavy atom. The van der Waals surface area contributed by atoms with Crippen LogP contribution in [0.2, 0.25) is 0 Å². The van der Waals surface area contributed by atoms with Crippen LogP contribution in [0, 0.1) is 18.2 Å². The zero-order valence-corrected chi connectivity index (χ0v) is 27.9. The fourth-order valence-corrected chi connectivity index (χ4v) is 6.46. The molecule has 0 aliphatic heterocycles. The number of rotatable bonds is 9. The van der Waals surface area contributed by atoms with Gasteiger partial charge in [0.15, 0.2) is 0 Å². The summed E-state index contributed by atoms with van der Waals surface area (Å²) >= 11 is 0. The molecule has 8 aromatic rings. The molecule has 6 nitrogen and oxygen atoms in total. The lowest BCUT2D eigenvalue weighted by molar-refractivity contribution is -0.572. The molecule has 0 amide bonds. The normalized spacial score (nSPS) is 13.6. The molecule has 0 unspecified atom stereocenters. The van der Waals surface area contributed by atoms with Gasteiger partial charge in [0.2, 0.25) is 0 Å². The third kappa shape index (κ3) is 5.95. The Balaban J connectivity index is 1.18. The first-order valence-electron chi connectivity index (χ1n) is 18.6. The maximum absolute atomic E-state index is 8.73. The van der Waals surface area contributed by atoms with Crippen molar-refractivity contribution in [3.63, 3.8) is 0 Å². The van der Waals surface area contributed by atoms with Crippen LogP contribution in [0.25, 0.3) is 50.0 Å². The molecule has 0 saturated heterocycles. The molecule has 4 aromatic heterocycles. The van der Waals surface area contributed by atoms with Crippen molar-refractivity contribution in [3.8, 4) is 28.7 Å². The Kier molecular flexibility index (Phi) is 6.80. The van der Waals surface area contributed by atoms with Gasteiger partial charge in [-0.3, -0.25) is 18.7 Å². The van der Waals surface area contributed by atoms with Gasteiger partial charge >= 0.3 is 0 Å². The van der Waals surface area contributed by atoms with Crippen LogP contribution in [0.5, 0.6) is 11.5 Å². The molecule has 0 atom stereocenters. The van der Waals surface area contributed by atoms with Gasteiger partial charge < -0.3 is 4.74 Å². The number of hydrogen-bond donors (Lipinski definition) is 0. The number of benzene rings is 4. The lowest BCUT2D eigenvalue weighted by atomic mass is 10.0. The Labute approximate surface area is 292 Å². The molecule has 0 aliphatic rings. The van der Waals surface area contributed by atoms with Gasteiger partial charge in [0.05, 0.1) is 39.6 Å². The van der Waals surface area contributed by atoms with Gasteiger partial charge in [-0.15, -0.1) is 0 Å². The quantitative estimate of drug-likeness (QED) is 0.116. The van der Waals surface area contributed by atoms with Crippen LogP contribution < -0.4 is 9.30 Å². The van der Waals surface area contributed by atoms with Crippen LogP contribution in [0.3, 0.4) is 0 Å². The summed E-state index contributed by atoms with van der Waals surface area (Å²) in [7, 11) is 0. The van der Waals surface area contributed by atoms with Gasteiger partial charge in [0.1, 0.15) is 17.3 Å². The molecular formula is C43H39N5O. The smallest absolute Gasteiger partial charge is 0.269 e. The maximum Gasteiger partial charge on any atom is 0.269 e. The third-order valence-corrected chi connectivity index (χ3v) is 8.39.